The maximum atomic E-state index is 12.7. The number of amides is 1. The number of fused-ring (bicyclic) bond motifs is 1. The summed E-state index contributed by atoms with van der Waals surface area (Å²) in [6.07, 6.45) is 2.01. The number of methoxy groups -OCH3 is 1. The molecule has 0 bridgehead atoms. The number of thioether (sulfide) groups is 1. The smallest absolute Gasteiger partial charge is 0.275 e. The van der Waals surface area contributed by atoms with Crippen LogP contribution in [0.25, 0.3) is 21.6 Å². The zero-order valence-electron chi connectivity index (χ0n) is 16.2. The van der Waals surface area contributed by atoms with Crippen molar-refractivity contribution in [2.45, 2.75) is 11.4 Å². The first-order valence-corrected chi connectivity index (χ1v) is 11.3. The van der Waals surface area contributed by atoms with Crippen LogP contribution in [0, 0.1) is 0 Å². The van der Waals surface area contributed by atoms with Gasteiger partial charge >= 0.3 is 0 Å². The first kappa shape index (κ1) is 19.7. The Balaban J connectivity index is 1.62. The minimum atomic E-state index is -0.203. The van der Waals surface area contributed by atoms with E-state index in [1.54, 1.807) is 24.3 Å². The molecule has 5 nitrogen and oxygen atoms in total. The van der Waals surface area contributed by atoms with Gasteiger partial charge in [0.25, 0.3) is 5.91 Å². The molecule has 148 valence electrons. The van der Waals surface area contributed by atoms with Crippen LogP contribution in [0.3, 0.4) is 0 Å². The molecule has 0 aliphatic carbocycles. The molecule has 0 spiro atoms. The van der Waals surface area contributed by atoms with E-state index >= 15 is 0 Å². The highest BCUT2D eigenvalue weighted by atomic mass is 32.2. The van der Waals surface area contributed by atoms with Crippen LogP contribution in [-0.2, 0) is 11.3 Å². The van der Waals surface area contributed by atoms with E-state index in [1.807, 2.05) is 42.7 Å². The molecule has 7 heteroatoms. The summed E-state index contributed by atoms with van der Waals surface area (Å²) in [4.78, 5) is 18.4. The van der Waals surface area contributed by atoms with Crippen LogP contribution < -0.4 is 5.32 Å². The first-order valence-electron chi connectivity index (χ1n) is 9.18. The fourth-order valence-electron chi connectivity index (χ4n) is 3.20. The number of hydrogen-bond acceptors (Lipinski definition) is 5. The van der Waals surface area contributed by atoms with Crippen molar-refractivity contribution in [1.82, 2.24) is 9.55 Å². The van der Waals surface area contributed by atoms with Crippen molar-refractivity contribution in [3.05, 3.63) is 65.7 Å². The Kier molecular flexibility index (Phi) is 5.99. The Morgan fingerprint density at radius 2 is 2.07 bits per heavy atom. The van der Waals surface area contributed by atoms with E-state index < -0.39 is 0 Å². The van der Waals surface area contributed by atoms with E-state index in [2.05, 4.69) is 33.1 Å². The number of hydrogen-bond donors (Lipinski definition) is 1. The predicted molar refractivity (Wildman–Crippen MR) is 121 cm³/mol. The van der Waals surface area contributed by atoms with E-state index in [1.165, 1.54) is 11.3 Å². The Morgan fingerprint density at radius 1 is 1.21 bits per heavy atom. The van der Waals surface area contributed by atoms with Crippen LogP contribution in [0.2, 0.25) is 0 Å². The summed E-state index contributed by atoms with van der Waals surface area (Å²) in [7, 11) is 1.70. The van der Waals surface area contributed by atoms with Crippen LogP contribution in [0.5, 0.6) is 0 Å². The summed E-state index contributed by atoms with van der Waals surface area (Å²) in [6.45, 7) is 1.33. The zero-order valence-corrected chi connectivity index (χ0v) is 17.8. The van der Waals surface area contributed by atoms with Crippen molar-refractivity contribution in [3.63, 3.8) is 0 Å². The summed E-state index contributed by atoms with van der Waals surface area (Å²) < 4.78 is 7.48. The van der Waals surface area contributed by atoms with Crippen molar-refractivity contribution in [3.8, 4) is 10.7 Å². The van der Waals surface area contributed by atoms with Crippen LogP contribution in [0.15, 0.2) is 64.9 Å². The Labute approximate surface area is 177 Å². The van der Waals surface area contributed by atoms with Gasteiger partial charge in [-0.2, -0.15) is 0 Å². The van der Waals surface area contributed by atoms with Crippen molar-refractivity contribution in [2.24, 2.45) is 0 Å². The quantitative estimate of drug-likeness (QED) is 0.405. The lowest BCUT2D eigenvalue weighted by Gasteiger charge is -2.08. The van der Waals surface area contributed by atoms with Crippen molar-refractivity contribution in [1.29, 1.82) is 0 Å². The summed E-state index contributed by atoms with van der Waals surface area (Å²) >= 11 is 3.11. The molecule has 29 heavy (non-hydrogen) atoms. The predicted octanol–water partition coefficient (Wildman–Crippen LogP) is 5.39. The highest BCUT2D eigenvalue weighted by molar-refractivity contribution is 7.98. The number of para-hydroxylation sites is 1. The molecule has 0 aliphatic heterocycles. The number of carbonyl (C=O) groups is 1. The molecule has 1 N–H and O–H groups in total. The Hall–Kier alpha value is -2.61. The van der Waals surface area contributed by atoms with Crippen LogP contribution >= 0.6 is 23.1 Å². The number of nitrogens with zero attached hydrogens (tertiary/aromatic N) is 2. The molecule has 2 aromatic carbocycles. The van der Waals surface area contributed by atoms with E-state index in [0.717, 1.165) is 38.7 Å². The minimum Gasteiger partial charge on any atom is -0.383 e. The first-order chi connectivity index (χ1) is 14.2. The average Bonchev–Trinajstić information content (AvgIpc) is 3.37. The van der Waals surface area contributed by atoms with Crippen LogP contribution in [0.1, 0.15) is 10.5 Å². The minimum absolute atomic E-state index is 0.203. The van der Waals surface area contributed by atoms with Gasteiger partial charge in [0, 0.05) is 40.5 Å². The van der Waals surface area contributed by atoms with Crippen LogP contribution in [-0.4, -0.2) is 35.4 Å². The number of anilines is 1. The van der Waals surface area contributed by atoms with Gasteiger partial charge in [0.2, 0.25) is 0 Å². The molecule has 1 amide bonds. The van der Waals surface area contributed by atoms with Gasteiger partial charge in [-0.25, -0.2) is 4.98 Å². The normalized spacial score (nSPS) is 11.1. The standard InChI is InChI=1S/C22H21N3O2S2/c1-27-11-10-25-19-9-4-3-6-15(19)12-20(25)22-24-18(14-29-22)21(26)23-16-7-5-8-17(13-16)28-2/h3-9,12-14H,10-11H2,1-2H3,(H,23,26). The Morgan fingerprint density at radius 3 is 2.90 bits per heavy atom. The van der Waals surface area contributed by atoms with Gasteiger partial charge < -0.3 is 14.6 Å². The van der Waals surface area contributed by atoms with Crippen LogP contribution in [0.4, 0.5) is 5.69 Å². The molecule has 2 aromatic heterocycles. The van der Waals surface area contributed by atoms with Gasteiger partial charge in [-0.05, 0) is 36.6 Å². The van der Waals surface area contributed by atoms with Gasteiger partial charge in [-0.15, -0.1) is 23.1 Å². The number of thiazole rings is 1. The second-order valence-corrected chi connectivity index (χ2v) is 8.19. The molecule has 0 radical (unpaired) electrons. The highest BCUT2D eigenvalue weighted by Gasteiger charge is 2.17. The molecule has 4 aromatic rings. The topological polar surface area (TPSA) is 56.2 Å². The fourth-order valence-corrected chi connectivity index (χ4v) is 4.49. The van der Waals surface area contributed by atoms with Gasteiger partial charge in [0.05, 0.1) is 12.3 Å². The van der Waals surface area contributed by atoms with E-state index in [9.17, 15) is 4.79 Å². The summed E-state index contributed by atoms with van der Waals surface area (Å²) in [6, 6.07) is 18.1. The largest absolute Gasteiger partial charge is 0.383 e. The Bertz CT molecular complexity index is 1150. The van der Waals surface area contributed by atoms with E-state index in [4.69, 9.17) is 4.74 Å². The molecule has 0 saturated heterocycles. The van der Waals surface area contributed by atoms with Crippen molar-refractivity contribution < 1.29 is 9.53 Å². The highest BCUT2D eigenvalue weighted by Crippen LogP contribution is 2.31. The zero-order chi connectivity index (χ0) is 20.2. The number of nitrogens with one attached hydrogen (secondary N) is 1. The molecule has 4 rings (SSSR count). The maximum absolute atomic E-state index is 12.7. The second kappa shape index (κ2) is 8.82. The lowest BCUT2D eigenvalue weighted by atomic mass is 10.2. The molecule has 0 unspecified atom stereocenters. The van der Waals surface area contributed by atoms with Gasteiger partial charge in [-0.3, -0.25) is 4.79 Å². The third-order valence-electron chi connectivity index (χ3n) is 4.61. The number of aromatic nitrogens is 2. The van der Waals surface area contributed by atoms with Gasteiger partial charge in [0.1, 0.15) is 10.7 Å². The van der Waals surface area contributed by atoms with E-state index in [-0.39, 0.29) is 5.91 Å². The SMILES string of the molecule is COCCn1c(-c2nc(C(=O)Nc3cccc(SC)c3)cs2)cc2ccccc21. The fraction of sp³-hybridized carbons (Fsp3) is 0.182. The molecular formula is C22H21N3O2S2. The molecule has 0 saturated carbocycles. The number of benzene rings is 2. The van der Waals surface area contributed by atoms with Gasteiger partial charge in [0.15, 0.2) is 0 Å². The molecular weight excluding hydrogens is 402 g/mol. The molecule has 0 atom stereocenters. The molecule has 2 heterocycles. The average molecular weight is 424 g/mol. The third-order valence-corrected chi connectivity index (χ3v) is 6.20. The molecule has 0 fully saturated rings. The van der Waals surface area contributed by atoms with Gasteiger partial charge in [-0.1, -0.05) is 24.3 Å². The maximum Gasteiger partial charge on any atom is 0.275 e. The number of rotatable bonds is 7. The third kappa shape index (κ3) is 4.22. The molecule has 0 aliphatic rings. The van der Waals surface area contributed by atoms with Crippen molar-refractivity contribution >= 4 is 45.6 Å². The lowest BCUT2D eigenvalue weighted by molar-refractivity contribution is 0.102. The summed E-state index contributed by atoms with van der Waals surface area (Å²) in [5, 5.41) is 6.71. The second-order valence-electron chi connectivity index (χ2n) is 6.46. The van der Waals surface area contributed by atoms with E-state index in [0.29, 0.717) is 12.3 Å². The summed E-state index contributed by atoms with van der Waals surface area (Å²) in [5.74, 6) is -0.203. The number of carbonyl (C=O) groups excluding carboxylic acids is 1. The monoisotopic (exact) mass is 423 g/mol. The number of ether oxygens (including phenoxy) is 1. The lowest BCUT2D eigenvalue weighted by Crippen LogP contribution is -2.12. The van der Waals surface area contributed by atoms with Crippen molar-refractivity contribution in [2.75, 3.05) is 25.3 Å². The summed E-state index contributed by atoms with van der Waals surface area (Å²) in [5.41, 5.74) is 3.32.